The van der Waals surface area contributed by atoms with Gasteiger partial charge in [-0.2, -0.15) is 0 Å². The van der Waals surface area contributed by atoms with Gasteiger partial charge in [0.05, 0.1) is 5.02 Å². The second-order valence-electron chi connectivity index (χ2n) is 2.77. The molecule has 13 heavy (non-hydrogen) atoms. The molecule has 0 amide bonds. The van der Waals surface area contributed by atoms with Gasteiger partial charge in [-0.1, -0.05) is 17.7 Å². The minimum absolute atomic E-state index is 0.0949. The molecular weight excluding hydrogens is 191 g/mol. The molecule has 0 radical (unpaired) electrons. The maximum Gasteiger partial charge on any atom is 0.142 e. The van der Waals surface area contributed by atoms with Crippen LogP contribution in [0, 0.1) is 5.82 Å². The summed E-state index contributed by atoms with van der Waals surface area (Å²) in [5.74, 6) is -0.296. The van der Waals surface area contributed by atoms with E-state index in [1.807, 2.05) is 0 Å². The van der Waals surface area contributed by atoms with Crippen molar-refractivity contribution in [1.29, 1.82) is 0 Å². The standard InChI is InChI=1S/C10H6ClFO/c11-10-8-3-2-7(13)5-6(8)1-4-9(10)12/h1-5,13H. The van der Waals surface area contributed by atoms with E-state index in [9.17, 15) is 4.39 Å². The molecule has 0 aromatic heterocycles. The fourth-order valence-electron chi connectivity index (χ4n) is 1.25. The van der Waals surface area contributed by atoms with Crippen LogP contribution < -0.4 is 0 Å². The normalized spacial score (nSPS) is 10.6. The summed E-state index contributed by atoms with van der Waals surface area (Å²) >= 11 is 5.72. The van der Waals surface area contributed by atoms with Gasteiger partial charge in [-0.25, -0.2) is 4.39 Å². The number of halogens is 2. The highest BCUT2D eigenvalue weighted by Crippen LogP contribution is 2.28. The number of rotatable bonds is 0. The van der Waals surface area contributed by atoms with Crippen LogP contribution in [0.1, 0.15) is 0 Å². The number of phenolic OH excluding ortho intramolecular Hbond substituents is 1. The quantitative estimate of drug-likeness (QED) is 0.685. The summed E-state index contributed by atoms with van der Waals surface area (Å²) < 4.78 is 13.0. The highest BCUT2D eigenvalue weighted by molar-refractivity contribution is 6.35. The van der Waals surface area contributed by atoms with Crippen molar-refractivity contribution in [2.24, 2.45) is 0 Å². The Kier molecular flexibility index (Phi) is 1.85. The van der Waals surface area contributed by atoms with Crippen LogP contribution in [0.2, 0.25) is 5.02 Å². The predicted octanol–water partition coefficient (Wildman–Crippen LogP) is 3.34. The second kappa shape index (κ2) is 2.89. The van der Waals surface area contributed by atoms with Crippen LogP contribution in [-0.2, 0) is 0 Å². The van der Waals surface area contributed by atoms with Crippen LogP contribution in [0.25, 0.3) is 10.8 Å². The van der Waals surface area contributed by atoms with Gasteiger partial charge in [0.2, 0.25) is 0 Å². The third-order valence-electron chi connectivity index (χ3n) is 1.89. The molecule has 0 fully saturated rings. The smallest absolute Gasteiger partial charge is 0.142 e. The first kappa shape index (κ1) is 8.32. The molecule has 2 rings (SSSR count). The highest BCUT2D eigenvalue weighted by atomic mass is 35.5. The Labute approximate surface area is 79.4 Å². The van der Waals surface area contributed by atoms with Crippen LogP contribution in [0.4, 0.5) is 4.39 Å². The molecule has 2 aromatic carbocycles. The van der Waals surface area contributed by atoms with Crippen LogP contribution >= 0.6 is 11.6 Å². The van der Waals surface area contributed by atoms with E-state index in [0.717, 1.165) is 5.39 Å². The summed E-state index contributed by atoms with van der Waals surface area (Å²) in [4.78, 5) is 0. The molecule has 0 saturated heterocycles. The molecule has 66 valence electrons. The van der Waals surface area contributed by atoms with Crippen molar-refractivity contribution in [2.75, 3.05) is 0 Å². The molecule has 0 unspecified atom stereocenters. The molecule has 0 aliphatic rings. The fourth-order valence-corrected chi connectivity index (χ4v) is 1.49. The van der Waals surface area contributed by atoms with E-state index < -0.39 is 5.82 Å². The topological polar surface area (TPSA) is 20.2 Å². The number of benzene rings is 2. The largest absolute Gasteiger partial charge is 0.508 e. The van der Waals surface area contributed by atoms with Crippen molar-refractivity contribution in [3.63, 3.8) is 0 Å². The van der Waals surface area contributed by atoms with Gasteiger partial charge in [-0.15, -0.1) is 0 Å². The van der Waals surface area contributed by atoms with Crippen LogP contribution in [0.3, 0.4) is 0 Å². The van der Waals surface area contributed by atoms with Crippen molar-refractivity contribution in [1.82, 2.24) is 0 Å². The Morgan fingerprint density at radius 1 is 1.15 bits per heavy atom. The van der Waals surface area contributed by atoms with Gasteiger partial charge in [-0.3, -0.25) is 0 Å². The summed E-state index contributed by atoms with van der Waals surface area (Å²) in [6, 6.07) is 7.48. The lowest BCUT2D eigenvalue weighted by Crippen LogP contribution is -1.79. The zero-order valence-corrected chi connectivity index (χ0v) is 7.35. The molecule has 0 saturated carbocycles. The van der Waals surface area contributed by atoms with Gasteiger partial charge in [0.1, 0.15) is 11.6 Å². The molecule has 1 N–H and O–H groups in total. The maximum absolute atomic E-state index is 13.0. The van der Waals surface area contributed by atoms with Crippen molar-refractivity contribution in [3.05, 3.63) is 41.2 Å². The molecular formula is C10H6ClFO. The Hall–Kier alpha value is -1.28. The average molecular weight is 197 g/mol. The Morgan fingerprint density at radius 2 is 1.92 bits per heavy atom. The molecule has 0 heterocycles. The number of hydrogen-bond acceptors (Lipinski definition) is 1. The molecule has 0 aliphatic heterocycles. The third kappa shape index (κ3) is 1.33. The molecule has 2 aromatic rings. The van der Waals surface area contributed by atoms with Gasteiger partial charge < -0.3 is 5.11 Å². The minimum Gasteiger partial charge on any atom is -0.508 e. The van der Waals surface area contributed by atoms with Gasteiger partial charge >= 0.3 is 0 Å². The maximum atomic E-state index is 13.0. The minimum atomic E-state index is -0.445. The summed E-state index contributed by atoms with van der Waals surface area (Å²) in [5, 5.41) is 10.6. The van der Waals surface area contributed by atoms with Gasteiger partial charge in [0.15, 0.2) is 0 Å². The Morgan fingerprint density at radius 3 is 2.69 bits per heavy atom. The number of aromatic hydroxyl groups is 1. The third-order valence-corrected chi connectivity index (χ3v) is 2.27. The van der Waals surface area contributed by atoms with Crippen LogP contribution in [-0.4, -0.2) is 5.11 Å². The van der Waals surface area contributed by atoms with E-state index in [0.29, 0.717) is 5.39 Å². The molecule has 0 spiro atoms. The second-order valence-corrected chi connectivity index (χ2v) is 3.14. The summed E-state index contributed by atoms with van der Waals surface area (Å²) in [7, 11) is 0. The van der Waals surface area contributed by atoms with E-state index in [1.54, 1.807) is 18.2 Å². The van der Waals surface area contributed by atoms with Crippen molar-refractivity contribution in [3.8, 4) is 5.75 Å². The fraction of sp³-hybridized carbons (Fsp3) is 0. The summed E-state index contributed by atoms with van der Waals surface area (Å²) in [6.45, 7) is 0. The molecule has 0 aliphatic carbocycles. The molecule has 1 nitrogen and oxygen atoms in total. The van der Waals surface area contributed by atoms with Crippen molar-refractivity contribution in [2.45, 2.75) is 0 Å². The average Bonchev–Trinajstić information content (AvgIpc) is 2.12. The molecule has 3 heteroatoms. The highest BCUT2D eigenvalue weighted by Gasteiger charge is 2.04. The van der Waals surface area contributed by atoms with E-state index in [1.165, 1.54) is 12.1 Å². The first-order valence-electron chi connectivity index (χ1n) is 3.75. The number of fused-ring (bicyclic) bond motifs is 1. The lowest BCUT2D eigenvalue weighted by atomic mass is 10.1. The van der Waals surface area contributed by atoms with E-state index in [4.69, 9.17) is 16.7 Å². The summed E-state index contributed by atoms with van der Waals surface area (Å²) in [5.41, 5.74) is 0. The Bertz CT molecular complexity index is 468. The van der Waals surface area contributed by atoms with Gasteiger partial charge in [0, 0.05) is 5.39 Å². The zero-order valence-electron chi connectivity index (χ0n) is 6.59. The van der Waals surface area contributed by atoms with E-state index in [2.05, 4.69) is 0 Å². The van der Waals surface area contributed by atoms with Crippen LogP contribution in [0.5, 0.6) is 5.75 Å². The molecule has 0 atom stereocenters. The van der Waals surface area contributed by atoms with Gasteiger partial charge in [0.25, 0.3) is 0 Å². The summed E-state index contributed by atoms with van der Waals surface area (Å²) in [6.07, 6.45) is 0. The molecule has 0 bridgehead atoms. The number of phenols is 1. The number of hydrogen-bond donors (Lipinski definition) is 1. The SMILES string of the molecule is Oc1ccc2c(Cl)c(F)ccc2c1. The van der Waals surface area contributed by atoms with Crippen LogP contribution in [0.15, 0.2) is 30.3 Å². The van der Waals surface area contributed by atoms with Crippen molar-refractivity contribution >= 4 is 22.4 Å². The zero-order chi connectivity index (χ0) is 9.42. The lowest BCUT2D eigenvalue weighted by molar-refractivity contribution is 0.476. The predicted molar refractivity (Wildman–Crippen MR) is 50.6 cm³/mol. The first-order chi connectivity index (χ1) is 6.18. The van der Waals surface area contributed by atoms with Gasteiger partial charge in [-0.05, 0) is 29.7 Å². The van der Waals surface area contributed by atoms with E-state index in [-0.39, 0.29) is 10.8 Å². The van der Waals surface area contributed by atoms with E-state index >= 15 is 0 Å². The van der Waals surface area contributed by atoms with Crippen molar-refractivity contribution < 1.29 is 9.50 Å². The lowest BCUT2D eigenvalue weighted by Gasteiger charge is -2.01. The Balaban J connectivity index is 2.87. The first-order valence-corrected chi connectivity index (χ1v) is 4.13. The monoisotopic (exact) mass is 196 g/mol.